The summed E-state index contributed by atoms with van der Waals surface area (Å²) in [6.07, 6.45) is 4.74. The van der Waals surface area contributed by atoms with Crippen LogP contribution in [0.4, 0.5) is 0 Å². The van der Waals surface area contributed by atoms with Crippen LogP contribution >= 0.6 is 0 Å². The summed E-state index contributed by atoms with van der Waals surface area (Å²) in [6, 6.07) is 12.9. The fourth-order valence-electron chi connectivity index (χ4n) is 2.76. The van der Waals surface area contributed by atoms with E-state index in [1.54, 1.807) is 24.5 Å². The fraction of sp³-hybridized carbons (Fsp3) is 0.278. The van der Waals surface area contributed by atoms with Gasteiger partial charge >= 0.3 is 0 Å². The summed E-state index contributed by atoms with van der Waals surface area (Å²) in [5, 5.41) is 3.02. The molecule has 5 nitrogen and oxygen atoms in total. The van der Waals surface area contributed by atoms with Crippen LogP contribution in [0, 0.1) is 0 Å². The minimum Gasteiger partial charge on any atom is -0.349 e. The molecule has 1 N–H and O–H groups in total. The number of likely N-dealkylation sites (tertiary alicyclic amines) is 1. The maximum absolute atomic E-state index is 12.4. The molecule has 0 aliphatic carbocycles. The number of hydrogen-bond acceptors (Lipinski definition) is 3. The van der Waals surface area contributed by atoms with Gasteiger partial charge in [-0.05, 0) is 37.1 Å². The van der Waals surface area contributed by atoms with Crippen molar-refractivity contribution in [1.29, 1.82) is 0 Å². The number of rotatable bonds is 3. The van der Waals surface area contributed by atoms with Gasteiger partial charge in [-0.1, -0.05) is 18.2 Å². The number of carbonyl (C=O) groups excluding carboxylic acids is 2. The highest BCUT2D eigenvalue weighted by Crippen LogP contribution is 2.14. The summed E-state index contributed by atoms with van der Waals surface area (Å²) < 4.78 is 0. The lowest BCUT2D eigenvalue weighted by Crippen LogP contribution is -2.46. The van der Waals surface area contributed by atoms with Crippen LogP contribution in [0.15, 0.2) is 54.9 Å². The lowest BCUT2D eigenvalue weighted by molar-refractivity contribution is 0.0698. The summed E-state index contributed by atoms with van der Waals surface area (Å²) in [6.45, 7) is 1.32. The molecule has 5 heteroatoms. The molecule has 23 heavy (non-hydrogen) atoms. The number of benzene rings is 1. The van der Waals surface area contributed by atoms with Crippen molar-refractivity contribution in [2.24, 2.45) is 0 Å². The molecule has 1 fully saturated rings. The van der Waals surface area contributed by atoms with Crippen LogP contribution in [-0.2, 0) is 0 Å². The highest BCUT2D eigenvalue weighted by Gasteiger charge is 2.24. The Bertz CT molecular complexity index is 665. The highest BCUT2D eigenvalue weighted by molar-refractivity contribution is 5.95. The van der Waals surface area contributed by atoms with E-state index < -0.39 is 0 Å². The van der Waals surface area contributed by atoms with E-state index in [9.17, 15) is 9.59 Å². The van der Waals surface area contributed by atoms with E-state index in [4.69, 9.17) is 0 Å². The van der Waals surface area contributed by atoms with Gasteiger partial charge in [-0.3, -0.25) is 14.6 Å². The van der Waals surface area contributed by atoms with E-state index in [-0.39, 0.29) is 17.9 Å². The Labute approximate surface area is 135 Å². The molecule has 1 aromatic carbocycles. The highest BCUT2D eigenvalue weighted by atomic mass is 16.2. The van der Waals surface area contributed by atoms with Gasteiger partial charge in [0.2, 0.25) is 0 Å². The Balaban J connectivity index is 1.53. The molecule has 1 aromatic heterocycles. The van der Waals surface area contributed by atoms with E-state index in [1.165, 1.54) is 0 Å². The van der Waals surface area contributed by atoms with E-state index in [0.29, 0.717) is 24.2 Å². The smallest absolute Gasteiger partial charge is 0.253 e. The third-order valence-electron chi connectivity index (χ3n) is 4.06. The number of nitrogens with one attached hydrogen (secondary N) is 1. The van der Waals surface area contributed by atoms with Crippen LogP contribution in [0.2, 0.25) is 0 Å². The first-order valence-electron chi connectivity index (χ1n) is 7.79. The second-order valence-electron chi connectivity index (χ2n) is 5.65. The Morgan fingerprint density at radius 1 is 1.00 bits per heavy atom. The van der Waals surface area contributed by atoms with Gasteiger partial charge in [-0.15, -0.1) is 0 Å². The van der Waals surface area contributed by atoms with Crippen LogP contribution in [-0.4, -0.2) is 40.8 Å². The van der Waals surface area contributed by atoms with Crippen molar-refractivity contribution in [3.8, 4) is 0 Å². The zero-order valence-corrected chi connectivity index (χ0v) is 12.8. The maximum Gasteiger partial charge on any atom is 0.253 e. The SMILES string of the molecule is O=C(NC1CCN(C(=O)c2ccccc2)CC1)c1cccnc1. The van der Waals surface area contributed by atoms with Crippen molar-refractivity contribution in [3.63, 3.8) is 0 Å². The number of hydrogen-bond donors (Lipinski definition) is 1. The van der Waals surface area contributed by atoms with Gasteiger partial charge in [-0.2, -0.15) is 0 Å². The predicted octanol–water partition coefficient (Wildman–Crippen LogP) is 2.12. The second-order valence-corrected chi connectivity index (χ2v) is 5.65. The van der Waals surface area contributed by atoms with Crippen LogP contribution in [0.25, 0.3) is 0 Å². The third kappa shape index (κ3) is 3.74. The largest absolute Gasteiger partial charge is 0.349 e. The van der Waals surface area contributed by atoms with Gasteiger partial charge in [0.15, 0.2) is 0 Å². The zero-order valence-electron chi connectivity index (χ0n) is 12.8. The van der Waals surface area contributed by atoms with Gasteiger partial charge < -0.3 is 10.2 Å². The molecule has 1 saturated heterocycles. The van der Waals surface area contributed by atoms with E-state index in [1.807, 2.05) is 35.2 Å². The molecule has 118 valence electrons. The molecular weight excluding hydrogens is 290 g/mol. The normalized spacial score (nSPS) is 15.2. The molecule has 2 heterocycles. The molecule has 2 aromatic rings. The molecule has 2 amide bonds. The number of nitrogens with zero attached hydrogens (tertiary/aromatic N) is 2. The fourth-order valence-corrected chi connectivity index (χ4v) is 2.76. The average molecular weight is 309 g/mol. The molecular formula is C18H19N3O2. The molecule has 1 aliphatic rings. The Kier molecular flexibility index (Phi) is 4.66. The Morgan fingerprint density at radius 3 is 2.35 bits per heavy atom. The molecule has 0 unspecified atom stereocenters. The lowest BCUT2D eigenvalue weighted by atomic mass is 10.0. The first kappa shape index (κ1) is 15.2. The second kappa shape index (κ2) is 7.05. The summed E-state index contributed by atoms with van der Waals surface area (Å²) in [4.78, 5) is 30.3. The summed E-state index contributed by atoms with van der Waals surface area (Å²) in [7, 11) is 0. The van der Waals surface area contributed by atoms with Crippen molar-refractivity contribution in [1.82, 2.24) is 15.2 Å². The molecule has 0 radical (unpaired) electrons. The van der Waals surface area contributed by atoms with E-state index in [0.717, 1.165) is 12.8 Å². The summed E-state index contributed by atoms with van der Waals surface area (Å²) >= 11 is 0. The average Bonchev–Trinajstić information content (AvgIpc) is 2.63. The van der Waals surface area contributed by atoms with Gasteiger partial charge in [0.05, 0.1) is 5.56 Å². The van der Waals surface area contributed by atoms with Crippen molar-refractivity contribution >= 4 is 11.8 Å². The monoisotopic (exact) mass is 309 g/mol. The molecule has 1 aliphatic heterocycles. The molecule has 0 bridgehead atoms. The maximum atomic E-state index is 12.4. The number of pyridine rings is 1. The van der Waals surface area contributed by atoms with Crippen molar-refractivity contribution in [2.75, 3.05) is 13.1 Å². The van der Waals surface area contributed by atoms with Gasteiger partial charge in [0, 0.05) is 37.1 Å². The van der Waals surface area contributed by atoms with Gasteiger partial charge in [0.25, 0.3) is 11.8 Å². The molecule has 3 rings (SSSR count). The predicted molar refractivity (Wildman–Crippen MR) is 87.1 cm³/mol. The van der Waals surface area contributed by atoms with Crippen LogP contribution in [0.3, 0.4) is 0 Å². The number of carbonyl (C=O) groups is 2. The first-order valence-corrected chi connectivity index (χ1v) is 7.79. The van der Waals surface area contributed by atoms with E-state index >= 15 is 0 Å². The van der Waals surface area contributed by atoms with Crippen molar-refractivity contribution < 1.29 is 9.59 Å². The number of piperidine rings is 1. The van der Waals surface area contributed by atoms with E-state index in [2.05, 4.69) is 10.3 Å². The summed E-state index contributed by atoms with van der Waals surface area (Å²) in [5.74, 6) is -0.0476. The zero-order chi connectivity index (χ0) is 16.1. The minimum atomic E-state index is -0.106. The Hall–Kier alpha value is -2.69. The quantitative estimate of drug-likeness (QED) is 0.944. The lowest BCUT2D eigenvalue weighted by Gasteiger charge is -2.32. The Morgan fingerprint density at radius 2 is 1.70 bits per heavy atom. The number of amides is 2. The van der Waals surface area contributed by atoms with Crippen molar-refractivity contribution in [2.45, 2.75) is 18.9 Å². The minimum absolute atomic E-state index is 0.0580. The topological polar surface area (TPSA) is 62.3 Å². The van der Waals surface area contributed by atoms with Crippen LogP contribution < -0.4 is 5.32 Å². The third-order valence-corrected chi connectivity index (χ3v) is 4.06. The van der Waals surface area contributed by atoms with Gasteiger partial charge in [0.1, 0.15) is 0 Å². The number of aromatic nitrogens is 1. The van der Waals surface area contributed by atoms with Gasteiger partial charge in [-0.25, -0.2) is 0 Å². The van der Waals surface area contributed by atoms with Crippen molar-refractivity contribution in [3.05, 3.63) is 66.0 Å². The molecule has 0 spiro atoms. The first-order chi connectivity index (χ1) is 11.2. The van der Waals surface area contributed by atoms with Crippen LogP contribution in [0.5, 0.6) is 0 Å². The molecule has 0 saturated carbocycles. The van der Waals surface area contributed by atoms with Crippen LogP contribution in [0.1, 0.15) is 33.6 Å². The standard InChI is InChI=1S/C18H19N3O2/c22-17(15-7-4-10-19-13-15)20-16-8-11-21(12-9-16)18(23)14-5-2-1-3-6-14/h1-7,10,13,16H,8-9,11-12H2,(H,20,22). The summed E-state index contributed by atoms with van der Waals surface area (Å²) in [5.41, 5.74) is 1.28. The molecule has 0 atom stereocenters.